The summed E-state index contributed by atoms with van der Waals surface area (Å²) < 4.78 is 5.27. The van der Waals surface area contributed by atoms with E-state index in [1.807, 2.05) is 0 Å². The van der Waals surface area contributed by atoms with Crippen LogP contribution < -0.4 is 5.32 Å². The lowest BCUT2D eigenvalue weighted by molar-refractivity contribution is -0.154. The van der Waals surface area contributed by atoms with E-state index in [1.54, 1.807) is 0 Å². The SMILES string of the molecule is O=C1CNCCN1[C@@H]1O[C@H](CO)[C@@H](O)[C@H]1O. The van der Waals surface area contributed by atoms with Crippen LogP contribution in [0.3, 0.4) is 0 Å². The number of rotatable bonds is 2. The standard InChI is InChI=1S/C9H16N2O5/c12-4-5-7(14)8(15)9(16-5)11-2-1-10-3-6(11)13/h5,7-10,12,14-15H,1-4H2/t5-,7-,8-,9-/m1/s1. The number of amides is 1. The molecule has 0 aromatic carbocycles. The fourth-order valence-electron chi connectivity index (χ4n) is 2.03. The van der Waals surface area contributed by atoms with E-state index in [0.717, 1.165) is 0 Å². The molecule has 0 bridgehead atoms. The number of nitrogens with one attached hydrogen (secondary N) is 1. The van der Waals surface area contributed by atoms with E-state index in [-0.39, 0.29) is 19.1 Å². The third-order valence-corrected chi connectivity index (χ3v) is 2.95. The monoisotopic (exact) mass is 232 g/mol. The maximum absolute atomic E-state index is 11.6. The topological polar surface area (TPSA) is 102 Å². The first-order valence-corrected chi connectivity index (χ1v) is 5.28. The summed E-state index contributed by atoms with van der Waals surface area (Å²) in [5.74, 6) is -0.180. The first-order chi connectivity index (χ1) is 7.65. The Bertz CT molecular complexity index is 275. The number of piperazine rings is 1. The van der Waals surface area contributed by atoms with Gasteiger partial charge in [-0.2, -0.15) is 0 Å². The summed E-state index contributed by atoms with van der Waals surface area (Å²) in [4.78, 5) is 12.9. The smallest absolute Gasteiger partial charge is 0.238 e. The van der Waals surface area contributed by atoms with Crippen molar-refractivity contribution in [3.63, 3.8) is 0 Å². The van der Waals surface area contributed by atoms with Gasteiger partial charge in [-0.1, -0.05) is 0 Å². The van der Waals surface area contributed by atoms with Gasteiger partial charge < -0.3 is 30.3 Å². The average molecular weight is 232 g/mol. The minimum atomic E-state index is -1.17. The van der Waals surface area contributed by atoms with Crippen LogP contribution in [0, 0.1) is 0 Å². The molecule has 2 aliphatic heterocycles. The minimum absolute atomic E-state index is 0.180. The van der Waals surface area contributed by atoms with Crippen molar-refractivity contribution in [2.75, 3.05) is 26.2 Å². The molecule has 1 amide bonds. The Labute approximate surface area is 92.6 Å². The first-order valence-electron chi connectivity index (χ1n) is 5.28. The molecular formula is C9H16N2O5. The van der Waals surface area contributed by atoms with E-state index in [2.05, 4.69) is 5.32 Å². The van der Waals surface area contributed by atoms with Crippen LogP contribution in [0.5, 0.6) is 0 Å². The van der Waals surface area contributed by atoms with Gasteiger partial charge in [-0.15, -0.1) is 0 Å². The summed E-state index contributed by atoms with van der Waals surface area (Å²) in [6.45, 7) is 0.866. The molecular weight excluding hydrogens is 216 g/mol. The van der Waals surface area contributed by atoms with Gasteiger partial charge in [0, 0.05) is 13.1 Å². The van der Waals surface area contributed by atoms with Gasteiger partial charge in [0.05, 0.1) is 13.2 Å². The maximum Gasteiger partial charge on any atom is 0.238 e. The number of nitrogens with zero attached hydrogens (tertiary/aromatic N) is 1. The molecule has 2 saturated heterocycles. The fourth-order valence-corrected chi connectivity index (χ4v) is 2.03. The lowest BCUT2D eigenvalue weighted by atomic mass is 10.1. The summed E-state index contributed by atoms with van der Waals surface area (Å²) in [5, 5.41) is 31.1. The van der Waals surface area contributed by atoms with E-state index in [4.69, 9.17) is 9.84 Å². The van der Waals surface area contributed by atoms with Crippen LogP contribution in [0.25, 0.3) is 0 Å². The minimum Gasteiger partial charge on any atom is -0.394 e. The van der Waals surface area contributed by atoms with Gasteiger partial charge in [0.15, 0.2) is 6.23 Å². The quantitative estimate of drug-likeness (QED) is 0.401. The van der Waals surface area contributed by atoms with Gasteiger partial charge in [-0.25, -0.2) is 0 Å². The van der Waals surface area contributed by atoms with Crippen LogP contribution in [0.15, 0.2) is 0 Å². The van der Waals surface area contributed by atoms with Crippen LogP contribution in [-0.2, 0) is 9.53 Å². The molecule has 0 saturated carbocycles. The van der Waals surface area contributed by atoms with Gasteiger partial charge in [0.25, 0.3) is 0 Å². The highest BCUT2D eigenvalue weighted by Gasteiger charge is 2.46. The highest BCUT2D eigenvalue weighted by atomic mass is 16.6. The first kappa shape index (κ1) is 11.7. The summed E-state index contributed by atoms with van der Waals surface area (Å²) in [6.07, 6.45) is -4.01. The number of carbonyl (C=O) groups is 1. The molecule has 16 heavy (non-hydrogen) atoms. The van der Waals surface area contributed by atoms with Crippen LogP contribution in [0.1, 0.15) is 0 Å². The predicted molar refractivity (Wildman–Crippen MR) is 52.3 cm³/mol. The van der Waals surface area contributed by atoms with Crippen molar-refractivity contribution in [2.24, 2.45) is 0 Å². The zero-order chi connectivity index (χ0) is 11.7. The Hall–Kier alpha value is -0.730. The number of hydrogen-bond donors (Lipinski definition) is 4. The number of ether oxygens (including phenoxy) is 1. The van der Waals surface area contributed by atoms with Gasteiger partial charge in [0.1, 0.15) is 18.3 Å². The highest BCUT2D eigenvalue weighted by molar-refractivity contribution is 5.79. The fraction of sp³-hybridized carbons (Fsp3) is 0.889. The average Bonchev–Trinajstić information content (AvgIpc) is 2.57. The van der Waals surface area contributed by atoms with Crippen LogP contribution in [-0.4, -0.2) is 76.9 Å². The Morgan fingerprint density at radius 3 is 2.75 bits per heavy atom. The van der Waals surface area contributed by atoms with Gasteiger partial charge in [-0.3, -0.25) is 4.79 Å². The highest BCUT2D eigenvalue weighted by Crippen LogP contribution is 2.24. The zero-order valence-corrected chi connectivity index (χ0v) is 8.74. The van der Waals surface area contributed by atoms with E-state index in [0.29, 0.717) is 13.1 Å². The van der Waals surface area contributed by atoms with Crippen LogP contribution in [0.4, 0.5) is 0 Å². The third-order valence-electron chi connectivity index (χ3n) is 2.95. The lowest BCUT2D eigenvalue weighted by Crippen LogP contribution is -2.55. The third kappa shape index (κ3) is 1.92. The van der Waals surface area contributed by atoms with E-state index < -0.39 is 24.5 Å². The van der Waals surface area contributed by atoms with Crippen molar-refractivity contribution in [1.82, 2.24) is 10.2 Å². The van der Waals surface area contributed by atoms with E-state index in [9.17, 15) is 15.0 Å². The lowest BCUT2D eigenvalue weighted by Gasteiger charge is -2.33. The molecule has 0 aromatic heterocycles. The molecule has 7 nitrogen and oxygen atoms in total. The molecule has 2 aliphatic rings. The van der Waals surface area contributed by atoms with Crippen molar-refractivity contribution < 1.29 is 24.9 Å². The Morgan fingerprint density at radius 1 is 1.44 bits per heavy atom. The molecule has 0 spiro atoms. The molecule has 2 rings (SSSR count). The molecule has 2 heterocycles. The zero-order valence-electron chi connectivity index (χ0n) is 8.74. The molecule has 4 atom stereocenters. The van der Waals surface area contributed by atoms with Gasteiger partial charge >= 0.3 is 0 Å². The van der Waals surface area contributed by atoms with Crippen LogP contribution in [0.2, 0.25) is 0 Å². The van der Waals surface area contributed by atoms with Crippen LogP contribution >= 0.6 is 0 Å². The van der Waals surface area contributed by atoms with Gasteiger partial charge in [0.2, 0.25) is 5.91 Å². The second-order valence-corrected chi connectivity index (χ2v) is 3.99. The Kier molecular flexibility index (Phi) is 3.41. The number of aliphatic hydroxyl groups excluding tert-OH is 3. The molecule has 92 valence electrons. The number of carbonyl (C=O) groups excluding carboxylic acids is 1. The number of aliphatic hydroxyl groups is 3. The molecule has 0 unspecified atom stereocenters. The Balaban J connectivity index is 2.06. The summed E-state index contributed by atoms with van der Waals surface area (Å²) in [7, 11) is 0. The molecule has 0 aliphatic carbocycles. The van der Waals surface area contributed by atoms with Crippen molar-refractivity contribution in [1.29, 1.82) is 0 Å². The van der Waals surface area contributed by atoms with Gasteiger partial charge in [-0.05, 0) is 0 Å². The second-order valence-electron chi connectivity index (χ2n) is 3.99. The normalized spacial score (nSPS) is 40.4. The molecule has 2 fully saturated rings. The molecule has 0 radical (unpaired) electrons. The predicted octanol–water partition coefficient (Wildman–Crippen LogP) is -3.14. The maximum atomic E-state index is 11.6. The summed E-state index contributed by atoms with van der Waals surface area (Å²) >= 11 is 0. The van der Waals surface area contributed by atoms with Crippen molar-refractivity contribution in [3.8, 4) is 0 Å². The summed E-state index contributed by atoms with van der Waals surface area (Å²) in [5.41, 5.74) is 0. The molecule has 0 aromatic rings. The molecule has 7 heteroatoms. The number of hydrogen-bond acceptors (Lipinski definition) is 6. The Morgan fingerprint density at radius 2 is 2.19 bits per heavy atom. The van der Waals surface area contributed by atoms with Crippen molar-refractivity contribution >= 4 is 5.91 Å². The second kappa shape index (κ2) is 4.64. The summed E-state index contributed by atoms with van der Waals surface area (Å²) in [6, 6.07) is 0. The van der Waals surface area contributed by atoms with Crippen molar-refractivity contribution in [2.45, 2.75) is 24.5 Å². The van der Waals surface area contributed by atoms with E-state index >= 15 is 0 Å². The largest absolute Gasteiger partial charge is 0.394 e. The van der Waals surface area contributed by atoms with Crippen molar-refractivity contribution in [3.05, 3.63) is 0 Å². The van der Waals surface area contributed by atoms with E-state index in [1.165, 1.54) is 4.90 Å². The molecule has 4 N–H and O–H groups in total.